The summed E-state index contributed by atoms with van der Waals surface area (Å²) in [4.78, 5) is 37.7. The number of aromatic nitrogens is 2. The molecule has 1 atom stereocenters. The number of carbonyl (C=O) groups excluding carboxylic acids is 2. The van der Waals surface area contributed by atoms with E-state index in [1.807, 2.05) is 0 Å². The van der Waals surface area contributed by atoms with Crippen LogP contribution in [0.5, 0.6) is 11.5 Å². The third kappa shape index (κ3) is 5.15. The molecule has 214 valence electrons. The molecule has 0 saturated carbocycles. The fraction of sp³-hybridized carbons (Fsp3) is 0.286. The first-order valence-electron chi connectivity index (χ1n) is 12.6. The number of carbonyl (C=O) groups is 2. The van der Waals surface area contributed by atoms with Crippen LogP contribution >= 0.6 is 0 Å². The van der Waals surface area contributed by atoms with Crippen LogP contribution in [-0.4, -0.2) is 60.5 Å². The molecule has 1 fully saturated rings. The lowest BCUT2D eigenvalue weighted by atomic mass is 10.1. The Morgan fingerprint density at radius 2 is 1.76 bits per heavy atom. The lowest BCUT2D eigenvalue weighted by Crippen LogP contribution is -2.52. The molecule has 1 saturated heterocycles. The summed E-state index contributed by atoms with van der Waals surface area (Å²) in [5, 5.41) is 0.273. The highest BCUT2D eigenvalue weighted by Gasteiger charge is 2.35. The number of nitrogens with two attached hydrogens (primary N) is 1. The third-order valence-electron chi connectivity index (χ3n) is 6.71. The zero-order chi connectivity index (χ0) is 29.5. The molecular weight excluding hydrogens is 543 g/mol. The van der Waals surface area contributed by atoms with Crippen molar-refractivity contribution in [1.29, 1.82) is 0 Å². The maximum Gasteiger partial charge on any atom is 0.433 e. The number of oxazole rings is 1. The summed E-state index contributed by atoms with van der Waals surface area (Å²) in [7, 11) is 2.83. The Balaban J connectivity index is 1.49. The van der Waals surface area contributed by atoms with Gasteiger partial charge in [-0.1, -0.05) is 12.1 Å². The van der Waals surface area contributed by atoms with E-state index in [9.17, 15) is 22.8 Å². The number of alkyl halides is 3. The largest absolute Gasteiger partial charge is 0.495 e. The van der Waals surface area contributed by atoms with Gasteiger partial charge in [-0.15, -0.1) is 0 Å². The topological polar surface area (TPSA) is 124 Å². The SMILES string of the molecule is COc1ccccc1N1CCN(C(=O)c2nc(-c3ccc(OC)c4nc(C(F)(F)F)ccc34)oc2[C@H](C)N)CC1=O. The van der Waals surface area contributed by atoms with E-state index in [1.165, 1.54) is 31.3 Å². The molecule has 5 rings (SSSR count). The van der Waals surface area contributed by atoms with Crippen molar-refractivity contribution in [3.05, 3.63) is 65.7 Å². The molecule has 0 unspecified atom stereocenters. The van der Waals surface area contributed by atoms with Crippen LogP contribution in [0.4, 0.5) is 18.9 Å². The van der Waals surface area contributed by atoms with Gasteiger partial charge in [0.25, 0.3) is 5.91 Å². The first-order valence-corrected chi connectivity index (χ1v) is 12.6. The summed E-state index contributed by atoms with van der Waals surface area (Å²) in [6.45, 7) is 1.82. The third-order valence-corrected chi connectivity index (χ3v) is 6.71. The molecule has 1 aliphatic heterocycles. The highest BCUT2D eigenvalue weighted by Crippen LogP contribution is 2.38. The highest BCUT2D eigenvalue weighted by atomic mass is 19.4. The van der Waals surface area contributed by atoms with Crippen LogP contribution in [0.15, 0.2) is 52.9 Å². The van der Waals surface area contributed by atoms with Crippen molar-refractivity contribution >= 4 is 28.4 Å². The molecule has 0 aliphatic carbocycles. The van der Waals surface area contributed by atoms with Crippen LogP contribution in [0.25, 0.3) is 22.4 Å². The quantitative estimate of drug-likeness (QED) is 0.362. The lowest BCUT2D eigenvalue weighted by Gasteiger charge is -2.34. The molecule has 2 aromatic carbocycles. The Labute approximate surface area is 232 Å². The number of ether oxygens (including phenoxy) is 2. The van der Waals surface area contributed by atoms with Gasteiger partial charge in [-0.05, 0) is 43.3 Å². The first-order chi connectivity index (χ1) is 19.5. The number of pyridine rings is 1. The number of piperazine rings is 1. The van der Waals surface area contributed by atoms with Crippen LogP contribution in [0.2, 0.25) is 0 Å². The molecule has 2 aromatic heterocycles. The van der Waals surface area contributed by atoms with Gasteiger partial charge in [0, 0.05) is 24.0 Å². The second kappa shape index (κ2) is 10.7. The summed E-state index contributed by atoms with van der Waals surface area (Å²) in [6.07, 6.45) is -4.66. The Hall–Kier alpha value is -4.65. The van der Waals surface area contributed by atoms with Crippen molar-refractivity contribution in [2.24, 2.45) is 5.73 Å². The van der Waals surface area contributed by atoms with Crippen molar-refractivity contribution in [1.82, 2.24) is 14.9 Å². The van der Waals surface area contributed by atoms with Crippen molar-refractivity contribution in [3.8, 4) is 23.0 Å². The lowest BCUT2D eigenvalue weighted by molar-refractivity contribution is -0.141. The van der Waals surface area contributed by atoms with E-state index in [4.69, 9.17) is 19.6 Å². The van der Waals surface area contributed by atoms with Gasteiger partial charge < -0.3 is 29.4 Å². The molecule has 2 amide bonds. The summed E-state index contributed by atoms with van der Waals surface area (Å²) in [6, 6.07) is 11.4. The highest BCUT2D eigenvalue weighted by molar-refractivity contribution is 6.03. The average Bonchev–Trinajstić information content (AvgIpc) is 3.41. The minimum atomic E-state index is -4.66. The molecule has 41 heavy (non-hydrogen) atoms. The maximum absolute atomic E-state index is 13.6. The van der Waals surface area contributed by atoms with Gasteiger partial charge in [-0.3, -0.25) is 9.59 Å². The Bertz CT molecular complexity index is 1640. The van der Waals surface area contributed by atoms with E-state index >= 15 is 0 Å². The fourth-order valence-electron chi connectivity index (χ4n) is 4.71. The van der Waals surface area contributed by atoms with Gasteiger partial charge in [0.05, 0.1) is 25.9 Å². The Kier molecular flexibility index (Phi) is 7.30. The van der Waals surface area contributed by atoms with E-state index in [-0.39, 0.29) is 59.5 Å². The number of para-hydroxylation sites is 2. The molecular formula is C28H26F3N5O5. The zero-order valence-corrected chi connectivity index (χ0v) is 22.4. The number of anilines is 1. The first kappa shape index (κ1) is 27.9. The van der Waals surface area contributed by atoms with E-state index in [0.717, 1.165) is 6.07 Å². The number of benzene rings is 2. The van der Waals surface area contributed by atoms with Gasteiger partial charge in [-0.25, -0.2) is 9.97 Å². The van der Waals surface area contributed by atoms with Gasteiger partial charge in [0.15, 0.2) is 11.5 Å². The molecule has 4 aromatic rings. The summed E-state index contributed by atoms with van der Waals surface area (Å²) in [5.74, 6) is -0.174. The molecule has 0 radical (unpaired) electrons. The van der Waals surface area contributed by atoms with Crippen LogP contribution in [0.3, 0.4) is 0 Å². The average molecular weight is 570 g/mol. The molecule has 10 nitrogen and oxygen atoms in total. The zero-order valence-electron chi connectivity index (χ0n) is 22.4. The normalized spacial score (nSPS) is 14.9. The molecule has 0 spiro atoms. The Morgan fingerprint density at radius 1 is 1.02 bits per heavy atom. The summed E-state index contributed by atoms with van der Waals surface area (Å²) >= 11 is 0. The number of rotatable bonds is 6. The number of nitrogens with zero attached hydrogens (tertiary/aromatic N) is 4. The van der Waals surface area contributed by atoms with Crippen molar-refractivity contribution in [2.45, 2.75) is 19.1 Å². The fourth-order valence-corrected chi connectivity index (χ4v) is 4.71. The van der Waals surface area contributed by atoms with Crippen LogP contribution < -0.4 is 20.1 Å². The number of fused-ring (bicyclic) bond motifs is 1. The second-order valence-electron chi connectivity index (χ2n) is 9.37. The summed E-state index contributed by atoms with van der Waals surface area (Å²) < 4.78 is 56.6. The molecule has 3 heterocycles. The molecule has 1 aliphatic rings. The van der Waals surface area contributed by atoms with E-state index in [0.29, 0.717) is 17.0 Å². The number of methoxy groups -OCH3 is 2. The van der Waals surface area contributed by atoms with E-state index < -0.39 is 23.8 Å². The van der Waals surface area contributed by atoms with Crippen LogP contribution in [0, 0.1) is 0 Å². The van der Waals surface area contributed by atoms with Crippen molar-refractivity contribution < 1.29 is 36.7 Å². The Morgan fingerprint density at radius 3 is 2.41 bits per heavy atom. The number of hydrogen-bond donors (Lipinski definition) is 1. The van der Waals surface area contributed by atoms with Crippen LogP contribution in [-0.2, 0) is 11.0 Å². The molecule has 2 N–H and O–H groups in total. The van der Waals surface area contributed by atoms with Crippen LogP contribution in [0.1, 0.15) is 34.9 Å². The minimum absolute atomic E-state index is 0.0335. The monoisotopic (exact) mass is 569 g/mol. The van der Waals surface area contributed by atoms with Gasteiger partial charge in [0.2, 0.25) is 11.8 Å². The smallest absolute Gasteiger partial charge is 0.433 e. The molecule has 0 bridgehead atoms. The van der Waals surface area contributed by atoms with Gasteiger partial charge >= 0.3 is 6.18 Å². The number of amides is 2. The van der Waals surface area contributed by atoms with Crippen molar-refractivity contribution in [3.63, 3.8) is 0 Å². The second-order valence-corrected chi connectivity index (χ2v) is 9.37. The number of halogens is 3. The van der Waals surface area contributed by atoms with E-state index in [1.54, 1.807) is 42.2 Å². The van der Waals surface area contributed by atoms with Crippen molar-refractivity contribution in [2.75, 3.05) is 38.8 Å². The van der Waals surface area contributed by atoms with Gasteiger partial charge in [0.1, 0.15) is 29.3 Å². The predicted octanol–water partition coefficient (Wildman–Crippen LogP) is 4.43. The summed E-state index contributed by atoms with van der Waals surface area (Å²) in [5.41, 5.74) is 5.77. The van der Waals surface area contributed by atoms with Gasteiger partial charge in [-0.2, -0.15) is 13.2 Å². The number of hydrogen-bond acceptors (Lipinski definition) is 8. The van der Waals surface area contributed by atoms with E-state index in [2.05, 4.69) is 9.97 Å². The standard InChI is InChI=1S/C28H26F3N5O5/c1-15(32)25-24(27(38)35-12-13-36(22(37)14-35)18-6-4-5-7-19(18)39-2)34-26(41-25)17-8-10-20(40-3)23-16(17)9-11-21(33-23)28(29,30)31/h4-11,15H,12-14,32H2,1-3H3/t15-/m0/s1. The molecule has 13 heteroatoms. The minimum Gasteiger partial charge on any atom is -0.495 e. The maximum atomic E-state index is 13.6. The predicted molar refractivity (Wildman–Crippen MR) is 143 cm³/mol.